The second-order valence-corrected chi connectivity index (χ2v) is 4.76. The van der Waals surface area contributed by atoms with Crippen LogP contribution in [0.1, 0.15) is 25.7 Å². The highest BCUT2D eigenvalue weighted by atomic mass is 35.5. The maximum atomic E-state index is 6.08. The summed E-state index contributed by atoms with van der Waals surface area (Å²) in [7, 11) is 1.66. The molecule has 0 atom stereocenters. The molecule has 0 bridgehead atoms. The number of halogens is 1. The van der Waals surface area contributed by atoms with E-state index in [0.717, 1.165) is 37.3 Å². The smallest absolute Gasteiger partial charge is 0.168 e. The summed E-state index contributed by atoms with van der Waals surface area (Å²) in [4.78, 5) is 4.29. The van der Waals surface area contributed by atoms with Gasteiger partial charge in [-0.15, -0.1) is 11.6 Å². The molecular formula is C12H17ClN2O. The van der Waals surface area contributed by atoms with Gasteiger partial charge in [0.05, 0.1) is 7.11 Å². The Hall–Kier alpha value is -0.960. The average Bonchev–Trinajstić information content (AvgIpc) is 2.33. The fourth-order valence-electron chi connectivity index (χ4n) is 2.05. The molecule has 0 spiro atoms. The van der Waals surface area contributed by atoms with E-state index in [2.05, 4.69) is 10.3 Å². The van der Waals surface area contributed by atoms with Gasteiger partial charge < -0.3 is 10.1 Å². The molecule has 1 fully saturated rings. The number of nitrogens with one attached hydrogen (secondary N) is 1. The largest absolute Gasteiger partial charge is 0.493 e. The number of pyridine rings is 1. The fraction of sp³-hybridized carbons (Fsp3) is 0.583. The van der Waals surface area contributed by atoms with Gasteiger partial charge in [-0.05, 0) is 37.8 Å². The molecule has 1 aliphatic carbocycles. The van der Waals surface area contributed by atoms with Crippen molar-refractivity contribution < 1.29 is 4.74 Å². The summed E-state index contributed by atoms with van der Waals surface area (Å²) in [5.74, 6) is 1.64. The third kappa shape index (κ3) is 2.79. The predicted octanol–water partition coefficient (Wildman–Crippen LogP) is 3.05. The van der Waals surface area contributed by atoms with Crippen LogP contribution >= 0.6 is 11.6 Å². The van der Waals surface area contributed by atoms with Gasteiger partial charge in [0.25, 0.3) is 0 Å². The van der Waals surface area contributed by atoms with E-state index in [-0.39, 0.29) is 0 Å². The van der Waals surface area contributed by atoms with Crippen molar-refractivity contribution in [2.24, 2.45) is 0 Å². The standard InChI is InChI=1S/C12H17ClN2O/c1-16-11-3-2-8-14-12(11)15-10-6-4-9(13)5-7-10/h2-3,8-10H,4-7H2,1H3,(H,14,15). The second kappa shape index (κ2) is 5.39. The molecule has 1 heterocycles. The van der Waals surface area contributed by atoms with E-state index in [1.165, 1.54) is 0 Å². The first-order valence-corrected chi connectivity index (χ1v) is 6.13. The number of ether oxygens (including phenoxy) is 1. The number of alkyl halides is 1. The lowest BCUT2D eigenvalue weighted by Crippen LogP contribution is -2.26. The molecule has 16 heavy (non-hydrogen) atoms. The van der Waals surface area contributed by atoms with E-state index in [1.54, 1.807) is 13.3 Å². The monoisotopic (exact) mass is 240 g/mol. The Bertz CT molecular complexity index is 338. The molecule has 0 aromatic carbocycles. The lowest BCUT2D eigenvalue weighted by Gasteiger charge is -2.26. The lowest BCUT2D eigenvalue weighted by atomic mass is 9.95. The number of rotatable bonds is 3. The van der Waals surface area contributed by atoms with Gasteiger partial charge >= 0.3 is 0 Å². The topological polar surface area (TPSA) is 34.1 Å². The Morgan fingerprint density at radius 1 is 1.38 bits per heavy atom. The van der Waals surface area contributed by atoms with Crippen LogP contribution in [0.2, 0.25) is 0 Å². The van der Waals surface area contributed by atoms with Crippen LogP contribution in [-0.2, 0) is 0 Å². The summed E-state index contributed by atoms with van der Waals surface area (Å²) in [6.45, 7) is 0. The van der Waals surface area contributed by atoms with Crippen LogP contribution < -0.4 is 10.1 Å². The Balaban J connectivity index is 1.98. The van der Waals surface area contributed by atoms with E-state index in [0.29, 0.717) is 11.4 Å². The van der Waals surface area contributed by atoms with Gasteiger partial charge in [0, 0.05) is 17.6 Å². The van der Waals surface area contributed by atoms with Crippen molar-refractivity contribution in [3.8, 4) is 5.75 Å². The van der Waals surface area contributed by atoms with Gasteiger partial charge in [-0.1, -0.05) is 0 Å². The zero-order valence-electron chi connectivity index (χ0n) is 9.45. The molecule has 0 aliphatic heterocycles. The van der Waals surface area contributed by atoms with Gasteiger partial charge in [0.15, 0.2) is 11.6 Å². The molecule has 4 heteroatoms. The molecule has 2 rings (SSSR count). The minimum absolute atomic E-state index is 0.351. The van der Waals surface area contributed by atoms with Crippen molar-refractivity contribution in [3.63, 3.8) is 0 Å². The van der Waals surface area contributed by atoms with Crippen LogP contribution in [0.25, 0.3) is 0 Å². The first-order chi connectivity index (χ1) is 7.79. The van der Waals surface area contributed by atoms with Crippen LogP contribution in [0.15, 0.2) is 18.3 Å². The van der Waals surface area contributed by atoms with Gasteiger partial charge in [-0.3, -0.25) is 0 Å². The minimum Gasteiger partial charge on any atom is -0.493 e. The van der Waals surface area contributed by atoms with Crippen molar-refractivity contribution in [2.75, 3.05) is 12.4 Å². The summed E-state index contributed by atoms with van der Waals surface area (Å²) < 4.78 is 5.26. The minimum atomic E-state index is 0.351. The van der Waals surface area contributed by atoms with Crippen molar-refractivity contribution >= 4 is 17.4 Å². The molecule has 0 saturated heterocycles. The normalized spacial score (nSPS) is 25.1. The van der Waals surface area contributed by atoms with Crippen LogP contribution in [-0.4, -0.2) is 23.5 Å². The molecule has 1 aromatic rings. The first kappa shape index (κ1) is 11.5. The summed E-state index contributed by atoms with van der Waals surface area (Å²) in [6.07, 6.45) is 6.14. The van der Waals surface area contributed by atoms with E-state index in [1.807, 2.05) is 12.1 Å². The summed E-state index contributed by atoms with van der Waals surface area (Å²) in [6, 6.07) is 4.26. The summed E-state index contributed by atoms with van der Waals surface area (Å²) in [5.41, 5.74) is 0. The quantitative estimate of drug-likeness (QED) is 0.825. The number of nitrogens with zero attached hydrogens (tertiary/aromatic N) is 1. The number of anilines is 1. The maximum absolute atomic E-state index is 6.08. The number of aromatic nitrogens is 1. The Kier molecular flexibility index (Phi) is 3.88. The molecule has 1 N–H and O–H groups in total. The van der Waals surface area contributed by atoms with E-state index >= 15 is 0 Å². The Labute approximate surface area is 101 Å². The van der Waals surface area contributed by atoms with Crippen molar-refractivity contribution in [1.29, 1.82) is 0 Å². The predicted molar refractivity (Wildman–Crippen MR) is 66.3 cm³/mol. The van der Waals surface area contributed by atoms with Crippen molar-refractivity contribution in [3.05, 3.63) is 18.3 Å². The molecule has 0 radical (unpaired) electrons. The summed E-state index contributed by atoms with van der Waals surface area (Å²) >= 11 is 6.08. The third-order valence-corrected chi connectivity index (χ3v) is 3.42. The average molecular weight is 241 g/mol. The highest BCUT2D eigenvalue weighted by molar-refractivity contribution is 6.20. The highest BCUT2D eigenvalue weighted by Crippen LogP contribution is 2.27. The summed E-state index contributed by atoms with van der Waals surface area (Å²) in [5, 5.41) is 3.78. The third-order valence-electron chi connectivity index (χ3n) is 2.99. The van der Waals surface area contributed by atoms with Gasteiger partial charge in [0.1, 0.15) is 0 Å². The van der Waals surface area contributed by atoms with Crippen molar-refractivity contribution in [1.82, 2.24) is 4.98 Å². The molecule has 1 aliphatic rings. The first-order valence-electron chi connectivity index (χ1n) is 5.69. The Morgan fingerprint density at radius 2 is 2.12 bits per heavy atom. The van der Waals surface area contributed by atoms with E-state index in [4.69, 9.17) is 16.3 Å². The molecule has 88 valence electrons. The lowest BCUT2D eigenvalue weighted by molar-refractivity contribution is 0.411. The van der Waals surface area contributed by atoms with Crippen LogP contribution in [0, 0.1) is 0 Å². The molecular weight excluding hydrogens is 224 g/mol. The van der Waals surface area contributed by atoms with Crippen LogP contribution in [0.3, 0.4) is 0 Å². The van der Waals surface area contributed by atoms with Gasteiger partial charge in [-0.25, -0.2) is 4.98 Å². The van der Waals surface area contributed by atoms with Crippen molar-refractivity contribution in [2.45, 2.75) is 37.1 Å². The highest BCUT2D eigenvalue weighted by Gasteiger charge is 2.20. The SMILES string of the molecule is COc1cccnc1NC1CCC(Cl)CC1. The second-order valence-electron chi connectivity index (χ2n) is 4.15. The van der Waals surface area contributed by atoms with E-state index in [9.17, 15) is 0 Å². The molecule has 3 nitrogen and oxygen atoms in total. The number of hydrogen-bond donors (Lipinski definition) is 1. The maximum Gasteiger partial charge on any atom is 0.168 e. The Morgan fingerprint density at radius 3 is 2.81 bits per heavy atom. The fourth-order valence-corrected chi connectivity index (χ4v) is 2.31. The van der Waals surface area contributed by atoms with Crippen LogP contribution in [0.4, 0.5) is 5.82 Å². The van der Waals surface area contributed by atoms with Gasteiger partial charge in [0.2, 0.25) is 0 Å². The van der Waals surface area contributed by atoms with Crippen LogP contribution in [0.5, 0.6) is 5.75 Å². The molecule has 1 saturated carbocycles. The zero-order valence-corrected chi connectivity index (χ0v) is 10.2. The molecule has 0 amide bonds. The zero-order chi connectivity index (χ0) is 11.4. The molecule has 1 aromatic heterocycles. The van der Waals surface area contributed by atoms with Gasteiger partial charge in [-0.2, -0.15) is 0 Å². The number of hydrogen-bond acceptors (Lipinski definition) is 3. The number of methoxy groups -OCH3 is 1. The van der Waals surface area contributed by atoms with E-state index < -0.39 is 0 Å². The molecule has 0 unspecified atom stereocenters.